The van der Waals surface area contributed by atoms with Crippen LogP contribution in [0, 0.1) is 32.1 Å². The molecule has 0 aliphatic carbocycles. The first-order valence-electron chi connectivity index (χ1n) is 6.13. The van der Waals surface area contributed by atoms with Crippen molar-refractivity contribution in [2.75, 3.05) is 5.32 Å². The fourth-order valence-corrected chi connectivity index (χ4v) is 1.91. The van der Waals surface area contributed by atoms with Crippen LogP contribution in [0.5, 0.6) is 0 Å². The summed E-state index contributed by atoms with van der Waals surface area (Å²) in [4.78, 5) is 7.94. The van der Waals surface area contributed by atoms with Crippen LogP contribution in [0.3, 0.4) is 0 Å². The Balaban J connectivity index is 2.14. The Morgan fingerprint density at radius 2 is 1.79 bits per heavy atom. The molecule has 96 valence electrons. The van der Waals surface area contributed by atoms with Crippen molar-refractivity contribution >= 4 is 5.82 Å². The van der Waals surface area contributed by atoms with Crippen molar-refractivity contribution in [3.8, 4) is 6.07 Å². The molecule has 4 heteroatoms. The van der Waals surface area contributed by atoms with E-state index in [4.69, 9.17) is 5.26 Å². The number of nitriles is 1. The molecule has 19 heavy (non-hydrogen) atoms. The molecule has 1 aromatic carbocycles. The number of aryl methyl sites for hydroxylation is 3. The number of aromatic nitrogens is 2. The van der Waals surface area contributed by atoms with Crippen molar-refractivity contribution in [2.24, 2.45) is 0 Å². The number of rotatable bonds is 3. The van der Waals surface area contributed by atoms with Crippen molar-refractivity contribution in [1.29, 1.82) is 5.26 Å². The molecule has 0 saturated heterocycles. The second-order valence-corrected chi connectivity index (χ2v) is 4.62. The smallest absolute Gasteiger partial charge is 0.145 e. The van der Waals surface area contributed by atoms with Gasteiger partial charge in [0.25, 0.3) is 0 Å². The first kappa shape index (κ1) is 13.0. The normalized spacial score (nSPS) is 10.0. The quantitative estimate of drug-likeness (QED) is 0.912. The second-order valence-electron chi connectivity index (χ2n) is 4.62. The van der Waals surface area contributed by atoms with Crippen molar-refractivity contribution in [3.63, 3.8) is 0 Å². The van der Waals surface area contributed by atoms with Gasteiger partial charge in [-0.05, 0) is 43.0 Å². The molecule has 4 nitrogen and oxygen atoms in total. The van der Waals surface area contributed by atoms with E-state index < -0.39 is 0 Å². The monoisotopic (exact) mass is 252 g/mol. The third-order valence-corrected chi connectivity index (χ3v) is 3.19. The first-order valence-corrected chi connectivity index (χ1v) is 6.13. The van der Waals surface area contributed by atoms with Gasteiger partial charge in [-0.3, -0.25) is 0 Å². The standard InChI is InChI=1S/C15H16N4/c1-10-4-12(3)13(5-11(10)2)8-17-15-6-14(7-16)18-9-19-15/h4-6,9H,8H2,1-3H3,(H,17,18,19). The molecule has 2 aromatic rings. The zero-order valence-electron chi connectivity index (χ0n) is 11.4. The van der Waals surface area contributed by atoms with Gasteiger partial charge in [0, 0.05) is 12.6 Å². The minimum Gasteiger partial charge on any atom is -0.366 e. The van der Waals surface area contributed by atoms with Gasteiger partial charge >= 0.3 is 0 Å². The van der Waals surface area contributed by atoms with E-state index in [1.165, 1.54) is 28.6 Å². The van der Waals surface area contributed by atoms with E-state index in [1.807, 2.05) is 6.07 Å². The maximum Gasteiger partial charge on any atom is 0.145 e. The van der Waals surface area contributed by atoms with Gasteiger partial charge in [0.2, 0.25) is 0 Å². The molecule has 1 heterocycles. The van der Waals surface area contributed by atoms with Gasteiger partial charge in [0.15, 0.2) is 0 Å². The summed E-state index contributed by atoms with van der Waals surface area (Å²) in [6, 6.07) is 8.02. The van der Waals surface area contributed by atoms with E-state index in [9.17, 15) is 0 Å². The molecule has 0 bridgehead atoms. The molecule has 0 unspecified atom stereocenters. The van der Waals surface area contributed by atoms with Crippen LogP contribution in [0.2, 0.25) is 0 Å². The van der Waals surface area contributed by atoms with Crippen LogP contribution < -0.4 is 5.32 Å². The minimum absolute atomic E-state index is 0.370. The van der Waals surface area contributed by atoms with E-state index in [0.717, 1.165) is 0 Å². The van der Waals surface area contributed by atoms with E-state index in [1.54, 1.807) is 6.07 Å². The number of nitrogens with zero attached hydrogens (tertiary/aromatic N) is 3. The number of hydrogen-bond donors (Lipinski definition) is 1. The van der Waals surface area contributed by atoms with Crippen molar-refractivity contribution < 1.29 is 0 Å². The van der Waals surface area contributed by atoms with Gasteiger partial charge < -0.3 is 5.32 Å². The summed E-state index contributed by atoms with van der Waals surface area (Å²) in [6.45, 7) is 7.01. The van der Waals surface area contributed by atoms with Crippen LogP contribution in [0.4, 0.5) is 5.82 Å². The second kappa shape index (κ2) is 5.49. The van der Waals surface area contributed by atoms with Crippen LogP contribution in [0.15, 0.2) is 24.5 Å². The van der Waals surface area contributed by atoms with Crippen LogP contribution >= 0.6 is 0 Å². The third kappa shape index (κ3) is 3.08. The Morgan fingerprint density at radius 1 is 1.05 bits per heavy atom. The van der Waals surface area contributed by atoms with E-state index >= 15 is 0 Å². The molecular formula is C15H16N4. The molecule has 1 aromatic heterocycles. The number of hydrogen-bond acceptors (Lipinski definition) is 4. The van der Waals surface area contributed by atoms with Gasteiger partial charge in [0.05, 0.1) is 0 Å². The Bertz CT molecular complexity index is 641. The molecule has 0 fully saturated rings. The van der Waals surface area contributed by atoms with Gasteiger partial charge in [-0.1, -0.05) is 12.1 Å². The molecule has 0 aliphatic rings. The summed E-state index contributed by atoms with van der Waals surface area (Å²) >= 11 is 0. The highest BCUT2D eigenvalue weighted by Crippen LogP contribution is 2.16. The summed E-state index contributed by atoms with van der Waals surface area (Å²) < 4.78 is 0. The third-order valence-electron chi connectivity index (χ3n) is 3.19. The Kier molecular flexibility index (Phi) is 3.76. The maximum atomic E-state index is 8.79. The van der Waals surface area contributed by atoms with Crippen molar-refractivity contribution in [1.82, 2.24) is 9.97 Å². The predicted octanol–water partition coefficient (Wildman–Crippen LogP) is 2.89. The van der Waals surface area contributed by atoms with Gasteiger partial charge in [-0.2, -0.15) is 5.26 Å². The molecule has 0 amide bonds. The molecule has 2 rings (SSSR count). The zero-order chi connectivity index (χ0) is 13.8. The zero-order valence-corrected chi connectivity index (χ0v) is 11.4. The number of benzene rings is 1. The number of anilines is 1. The van der Waals surface area contributed by atoms with Gasteiger partial charge in [-0.15, -0.1) is 0 Å². The molecular weight excluding hydrogens is 236 g/mol. The molecule has 0 aliphatic heterocycles. The highest BCUT2D eigenvalue weighted by Gasteiger charge is 2.03. The van der Waals surface area contributed by atoms with E-state index in [2.05, 4.69) is 48.2 Å². The summed E-state index contributed by atoms with van der Waals surface area (Å²) in [5.74, 6) is 0.671. The average molecular weight is 252 g/mol. The topological polar surface area (TPSA) is 61.6 Å². The fourth-order valence-electron chi connectivity index (χ4n) is 1.91. The molecule has 0 saturated carbocycles. The summed E-state index contributed by atoms with van der Waals surface area (Å²) in [5, 5.41) is 12.0. The highest BCUT2D eigenvalue weighted by atomic mass is 15.0. The summed E-state index contributed by atoms with van der Waals surface area (Å²) in [5.41, 5.74) is 5.44. The molecule has 0 radical (unpaired) electrons. The average Bonchev–Trinajstić information content (AvgIpc) is 2.41. The Morgan fingerprint density at radius 3 is 2.53 bits per heavy atom. The lowest BCUT2D eigenvalue weighted by atomic mass is 10.0. The SMILES string of the molecule is Cc1cc(C)c(CNc2cc(C#N)ncn2)cc1C. The van der Waals surface area contributed by atoms with Gasteiger partial charge in [-0.25, -0.2) is 9.97 Å². The van der Waals surface area contributed by atoms with Crippen LogP contribution in [0.25, 0.3) is 0 Å². The van der Waals surface area contributed by atoms with Gasteiger partial charge in [0.1, 0.15) is 23.9 Å². The molecule has 0 atom stereocenters. The Hall–Kier alpha value is -2.41. The van der Waals surface area contributed by atoms with Crippen molar-refractivity contribution in [3.05, 3.63) is 52.5 Å². The lowest BCUT2D eigenvalue weighted by molar-refractivity contribution is 1.05. The van der Waals surface area contributed by atoms with Crippen LogP contribution in [-0.4, -0.2) is 9.97 Å². The van der Waals surface area contributed by atoms with E-state index in [-0.39, 0.29) is 0 Å². The van der Waals surface area contributed by atoms with E-state index in [0.29, 0.717) is 18.1 Å². The lowest BCUT2D eigenvalue weighted by Crippen LogP contribution is -2.04. The summed E-state index contributed by atoms with van der Waals surface area (Å²) in [7, 11) is 0. The van der Waals surface area contributed by atoms with Crippen LogP contribution in [0.1, 0.15) is 27.9 Å². The highest BCUT2D eigenvalue weighted by molar-refractivity contribution is 5.42. The lowest BCUT2D eigenvalue weighted by Gasteiger charge is -2.11. The van der Waals surface area contributed by atoms with Crippen LogP contribution in [-0.2, 0) is 6.54 Å². The summed E-state index contributed by atoms with van der Waals surface area (Å²) in [6.07, 6.45) is 1.40. The molecule has 0 spiro atoms. The largest absolute Gasteiger partial charge is 0.366 e. The Labute approximate surface area is 113 Å². The van der Waals surface area contributed by atoms with Crippen molar-refractivity contribution in [2.45, 2.75) is 27.3 Å². The maximum absolute atomic E-state index is 8.79. The fraction of sp³-hybridized carbons (Fsp3) is 0.267. The minimum atomic E-state index is 0.370. The predicted molar refractivity (Wildman–Crippen MR) is 74.7 cm³/mol. The molecule has 1 N–H and O–H groups in total. The number of nitrogens with one attached hydrogen (secondary N) is 1. The first-order chi connectivity index (χ1) is 9.10.